The lowest BCUT2D eigenvalue weighted by Gasteiger charge is -2.18. The van der Waals surface area contributed by atoms with Gasteiger partial charge in [-0.05, 0) is 55.3 Å². The molecule has 0 spiro atoms. The van der Waals surface area contributed by atoms with Crippen molar-refractivity contribution in [2.75, 3.05) is 32.8 Å². The smallest absolute Gasteiger partial charge is 0.344 e. The maximum atomic E-state index is 12.6. The number of halogens is 2. The molecule has 2 aliphatic rings. The van der Waals surface area contributed by atoms with Crippen LogP contribution in [0.5, 0.6) is 5.75 Å². The van der Waals surface area contributed by atoms with Crippen molar-refractivity contribution in [1.29, 1.82) is 0 Å². The molecule has 2 aliphatic heterocycles. The van der Waals surface area contributed by atoms with Crippen LogP contribution in [0.25, 0.3) is 6.08 Å². The lowest BCUT2D eigenvalue weighted by molar-refractivity contribution is -0.145. The topological polar surface area (TPSA) is 93.2 Å². The summed E-state index contributed by atoms with van der Waals surface area (Å²) in [6, 6.07) is 2.99. The van der Waals surface area contributed by atoms with Crippen molar-refractivity contribution in [1.82, 2.24) is 9.80 Å². The van der Waals surface area contributed by atoms with E-state index in [1.54, 1.807) is 11.8 Å². The highest BCUT2D eigenvalue weighted by Crippen LogP contribution is 2.37. The third-order valence-electron chi connectivity index (χ3n) is 4.58. The fraction of sp³-hybridized carbons (Fsp3) is 0.400. The van der Waals surface area contributed by atoms with Gasteiger partial charge in [0.25, 0.3) is 11.1 Å². The standard InChI is InChI=1S/C20H20Cl2N2O6S/c1-2-29-17(26)11-30-18-13(21)7-12(8-14(18)22)9-15-19(27)24(20(28)31-15)10-16(25)23-5-3-4-6-23/h7-9H,2-6,10-11H2,1H3/b15-9-. The first kappa shape index (κ1) is 23.4. The minimum absolute atomic E-state index is 0.109. The van der Waals surface area contributed by atoms with Crippen molar-refractivity contribution in [3.8, 4) is 5.75 Å². The maximum Gasteiger partial charge on any atom is 0.344 e. The van der Waals surface area contributed by atoms with Crippen molar-refractivity contribution in [2.24, 2.45) is 0 Å². The van der Waals surface area contributed by atoms with Gasteiger partial charge in [0.05, 0.1) is 21.6 Å². The summed E-state index contributed by atoms with van der Waals surface area (Å²) >= 11 is 13.2. The fourth-order valence-electron chi connectivity index (χ4n) is 3.12. The van der Waals surface area contributed by atoms with Crippen LogP contribution in [-0.4, -0.2) is 65.7 Å². The molecule has 0 aliphatic carbocycles. The number of rotatable bonds is 7. The van der Waals surface area contributed by atoms with E-state index < -0.39 is 17.1 Å². The lowest BCUT2D eigenvalue weighted by Crippen LogP contribution is -2.40. The number of esters is 1. The zero-order chi connectivity index (χ0) is 22.5. The van der Waals surface area contributed by atoms with Gasteiger partial charge in [0.2, 0.25) is 5.91 Å². The van der Waals surface area contributed by atoms with E-state index >= 15 is 0 Å². The van der Waals surface area contributed by atoms with E-state index in [0.717, 1.165) is 29.5 Å². The molecule has 11 heteroatoms. The Bertz CT molecular complexity index is 923. The van der Waals surface area contributed by atoms with E-state index in [4.69, 9.17) is 32.7 Å². The summed E-state index contributed by atoms with van der Waals surface area (Å²) in [5.41, 5.74) is 0.467. The van der Waals surface area contributed by atoms with E-state index in [2.05, 4.69) is 0 Å². The average molecular weight is 487 g/mol. The molecule has 2 fully saturated rings. The Morgan fingerprint density at radius 1 is 1.16 bits per heavy atom. The van der Waals surface area contributed by atoms with Crippen LogP contribution in [0.2, 0.25) is 10.0 Å². The maximum absolute atomic E-state index is 12.6. The largest absolute Gasteiger partial charge is 0.479 e. The van der Waals surface area contributed by atoms with Crippen molar-refractivity contribution in [3.63, 3.8) is 0 Å². The molecule has 2 saturated heterocycles. The third-order valence-corrected chi connectivity index (χ3v) is 6.05. The zero-order valence-electron chi connectivity index (χ0n) is 16.7. The van der Waals surface area contributed by atoms with Gasteiger partial charge in [-0.2, -0.15) is 0 Å². The summed E-state index contributed by atoms with van der Waals surface area (Å²) in [6.45, 7) is 2.57. The van der Waals surface area contributed by atoms with Gasteiger partial charge in [-0.15, -0.1) is 0 Å². The Morgan fingerprint density at radius 3 is 2.42 bits per heavy atom. The summed E-state index contributed by atoms with van der Waals surface area (Å²) < 4.78 is 10.1. The minimum atomic E-state index is -0.559. The monoisotopic (exact) mass is 486 g/mol. The molecule has 0 radical (unpaired) electrons. The van der Waals surface area contributed by atoms with Gasteiger partial charge >= 0.3 is 5.97 Å². The summed E-state index contributed by atoms with van der Waals surface area (Å²) in [6.07, 6.45) is 3.32. The van der Waals surface area contributed by atoms with Gasteiger partial charge in [-0.1, -0.05) is 23.2 Å². The number of thioether (sulfide) groups is 1. The summed E-state index contributed by atoms with van der Waals surface area (Å²) in [7, 11) is 0. The lowest BCUT2D eigenvalue weighted by atomic mass is 10.2. The summed E-state index contributed by atoms with van der Waals surface area (Å²) in [4.78, 5) is 51.4. The van der Waals surface area contributed by atoms with Crippen LogP contribution in [0.3, 0.4) is 0 Å². The Balaban J connectivity index is 1.71. The van der Waals surface area contributed by atoms with E-state index in [1.807, 2.05) is 0 Å². The molecule has 3 amide bonds. The Kier molecular flexibility index (Phi) is 7.85. The second-order valence-electron chi connectivity index (χ2n) is 6.76. The van der Waals surface area contributed by atoms with Crippen LogP contribution in [0, 0.1) is 0 Å². The molecule has 1 aromatic rings. The van der Waals surface area contributed by atoms with Crippen molar-refractivity contribution >= 4 is 64.1 Å². The number of imide groups is 1. The van der Waals surface area contributed by atoms with Gasteiger partial charge in [0.1, 0.15) is 6.54 Å². The van der Waals surface area contributed by atoms with Gasteiger partial charge < -0.3 is 14.4 Å². The number of amides is 3. The molecule has 166 valence electrons. The van der Waals surface area contributed by atoms with E-state index in [0.29, 0.717) is 18.7 Å². The number of hydrogen-bond acceptors (Lipinski definition) is 7. The predicted octanol–water partition coefficient (Wildman–Crippen LogP) is 3.59. The molecule has 3 rings (SSSR count). The van der Waals surface area contributed by atoms with E-state index in [9.17, 15) is 19.2 Å². The predicted molar refractivity (Wildman–Crippen MR) is 117 cm³/mol. The first-order valence-electron chi connectivity index (χ1n) is 9.60. The summed E-state index contributed by atoms with van der Waals surface area (Å²) in [5.74, 6) is -1.23. The molecular weight excluding hydrogens is 467 g/mol. The molecule has 1 aromatic carbocycles. The Labute approximate surface area is 193 Å². The van der Waals surface area contributed by atoms with E-state index in [1.165, 1.54) is 18.2 Å². The average Bonchev–Trinajstić information content (AvgIpc) is 3.33. The second kappa shape index (κ2) is 10.4. The van der Waals surface area contributed by atoms with Gasteiger partial charge in [-0.3, -0.25) is 19.3 Å². The minimum Gasteiger partial charge on any atom is -0.479 e. The SMILES string of the molecule is CCOC(=O)COc1c(Cl)cc(/C=C2\SC(=O)N(CC(=O)N3CCCC3)C2=O)cc1Cl. The van der Waals surface area contributed by atoms with Crippen molar-refractivity contribution in [3.05, 3.63) is 32.6 Å². The molecule has 0 unspecified atom stereocenters. The third kappa shape index (κ3) is 5.72. The first-order chi connectivity index (χ1) is 14.8. The number of carbonyl (C=O) groups is 4. The van der Waals surface area contributed by atoms with Crippen LogP contribution in [-0.2, 0) is 19.1 Å². The Morgan fingerprint density at radius 2 is 1.81 bits per heavy atom. The molecular formula is C20H20Cl2N2O6S. The molecule has 0 atom stereocenters. The van der Waals surface area contributed by atoms with E-state index in [-0.39, 0.29) is 46.4 Å². The molecule has 31 heavy (non-hydrogen) atoms. The first-order valence-corrected chi connectivity index (χ1v) is 11.2. The normalized spacial score (nSPS) is 17.6. The van der Waals surface area contributed by atoms with Gasteiger partial charge in [0, 0.05) is 13.1 Å². The van der Waals surface area contributed by atoms with Crippen LogP contribution >= 0.6 is 35.0 Å². The Hall–Kier alpha value is -2.23. The second-order valence-corrected chi connectivity index (χ2v) is 8.57. The molecule has 8 nitrogen and oxygen atoms in total. The van der Waals surface area contributed by atoms with Crippen molar-refractivity contribution in [2.45, 2.75) is 19.8 Å². The molecule has 0 saturated carbocycles. The fourth-order valence-corrected chi connectivity index (χ4v) is 4.58. The number of carbonyl (C=O) groups excluding carboxylic acids is 4. The molecule has 0 N–H and O–H groups in total. The van der Waals surface area contributed by atoms with Crippen LogP contribution in [0.15, 0.2) is 17.0 Å². The highest BCUT2D eigenvalue weighted by Gasteiger charge is 2.37. The van der Waals surface area contributed by atoms with Gasteiger partial charge in [-0.25, -0.2) is 4.79 Å². The number of likely N-dealkylation sites (tertiary alicyclic amines) is 1. The quantitative estimate of drug-likeness (QED) is 0.429. The highest BCUT2D eigenvalue weighted by atomic mass is 35.5. The summed E-state index contributed by atoms with van der Waals surface area (Å²) in [5, 5.41) is -0.242. The van der Waals surface area contributed by atoms with Crippen LogP contribution in [0.4, 0.5) is 4.79 Å². The molecule has 2 heterocycles. The number of hydrogen-bond donors (Lipinski definition) is 0. The van der Waals surface area contributed by atoms with Crippen LogP contribution in [0.1, 0.15) is 25.3 Å². The zero-order valence-corrected chi connectivity index (χ0v) is 19.0. The molecule has 0 aromatic heterocycles. The molecule has 0 bridgehead atoms. The number of nitrogens with zero attached hydrogens (tertiary/aromatic N) is 2. The van der Waals surface area contributed by atoms with Crippen molar-refractivity contribution < 1.29 is 28.7 Å². The van der Waals surface area contributed by atoms with Crippen LogP contribution < -0.4 is 4.74 Å². The number of ether oxygens (including phenoxy) is 2. The highest BCUT2D eigenvalue weighted by molar-refractivity contribution is 8.18. The van der Waals surface area contributed by atoms with Gasteiger partial charge in [0.15, 0.2) is 12.4 Å². The number of benzene rings is 1.